The molecule has 0 spiro atoms. The van der Waals surface area contributed by atoms with Gasteiger partial charge >= 0.3 is 5.63 Å². The number of fused-ring (bicyclic) bond motifs is 2. The van der Waals surface area contributed by atoms with Gasteiger partial charge in [-0.25, -0.2) is 4.79 Å². The van der Waals surface area contributed by atoms with E-state index >= 15 is 0 Å². The van der Waals surface area contributed by atoms with Crippen LogP contribution >= 0.6 is 11.6 Å². The maximum Gasteiger partial charge on any atom is 0.347 e. The first-order chi connectivity index (χ1) is 16.5. The topological polar surface area (TPSA) is 102 Å². The van der Waals surface area contributed by atoms with Gasteiger partial charge in [0.1, 0.15) is 16.9 Å². The van der Waals surface area contributed by atoms with Crippen molar-refractivity contribution >= 4 is 28.4 Å². The van der Waals surface area contributed by atoms with Crippen molar-refractivity contribution in [1.82, 2.24) is 9.97 Å². The van der Waals surface area contributed by atoms with Crippen molar-refractivity contribution < 1.29 is 13.9 Å². The summed E-state index contributed by atoms with van der Waals surface area (Å²) >= 11 is 6.07. The zero-order valence-corrected chi connectivity index (χ0v) is 18.5. The van der Waals surface area contributed by atoms with E-state index in [4.69, 9.17) is 20.8 Å². The summed E-state index contributed by atoms with van der Waals surface area (Å²) in [4.78, 5) is 46.2. The third-order valence-corrected chi connectivity index (χ3v) is 6.48. The average Bonchev–Trinajstić information content (AvgIpc) is 2.83. The molecule has 2 aromatic heterocycles. The number of H-pyrrole nitrogens is 1. The maximum absolute atomic E-state index is 13.4. The molecule has 8 heteroatoms. The lowest BCUT2D eigenvalue weighted by Gasteiger charge is -2.31. The number of carbonyl (C=O) groups is 1. The quantitative estimate of drug-likeness (QED) is 0.423. The van der Waals surface area contributed by atoms with Crippen molar-refractivity contribution in [2.45, 2.75) is 25.2 Å². The summed E-state index contributed by atoms with van der Waals surface area (Å²) in [5, 5.41) is 1.24. The number of nitrogens with one attached hydrogen (secondary N) is 1. The molecule has 1 N–H and O–H groups in total. The zero-order valence-electron chi connectivity index (χ0n) is 17.8. The van der Waals surface area contributed by atoms with Crippen LogP contribution in [0, 0.1) is 0 Å². The van der Waals surface area contributed by atoms with E-state index in [9.17, 15) is 14.4 Å². The molecule has 6 rings (SSSR count). The number of halogens is 1. The first-order valence-corrected chi connectivity index (χ1v) is 11.2. The fourth-order valence-electron chi connectivity index (χ4n) is 4.66. The smallest absolute Gasteiger partial charge is 0.347 e. The van der Waals surface area contributed by atoms with Crippen molar-refractivity contribution in [3.8, 4) is 17.3 Å². The van der Waals surface area contributed by atoms with Crippen molar-refractivity contribution in [2.24, 2.45) is 0 Å². The number of carbonyl (C=O) groups excluding carboxylic acids is 1. The number of hydrogen-bond donors (Lipinski definition) is 1. The van der Waals surface area contributed by atoms with Crippen LogP contribution in [-0.2, 0) is 4.79 Å². The third kappa shape index (κ3) is 3.28. The lowest BCUT2D eigenvalue weighted by molar-refractivity contribution is -0.116. The van der Waals surface area contributed by atoms with Gasteiger partial charge in [0, 0.05) is 28.8 Å². The third-order valence-electron chi connectivity index (χ3n) is 6.23. The number of nitrogens with zero attached hydrogens (tertiary/aromatic N) is 1. The molecule has 1 unspecified atom stereocenters. The van der Waals surface area contributed by atoms with Crippen LogP contribution in [-0.4, -0.2) is 15.8 Å². The summed E-state index contributed by atoms with van der Waals surface area (Å²) < 4.78 is 11.4. The number of Topliss-reactive ketones (excluding diaryl/α,β-unsaturated/α-hetero) is 1. The van der Waals surface area contributed by atoms with E-state index in [1.165, 1.54) is 0 Å². The van der Waals surface area contributed by atoms with Gasteiger partial charge in [-0.15, -0.1) is 0 Å². The largest absolute Gasteiger partial charge is 0.442 e. The Labute approximate surface area is 197 Å². The molecule has 0 bridgehead atoms. The predicted molar refractivity (Wildman–Crippen MR) is 126 cm³/mol. The highest BCUT2D eigenvalue weighted by Gasteiger charge is 2.39. The standard InChI is InChI=1S/C26H17ClN2O5/c27-15-10-8-13(9-11-15)20-21-17(30)5-3-7-19(21)33-25-22(20)24(31)28-23(29-25)16-12-14-4-1-2-6-18(14)34-26(16)32/h1-2,4,6,8-12,20H,3,5,7H2,(H,28,29,31). The molecule has 34 heavy (non-hydrogen) atoms. The molecule has 4 aromatic rings. The van der Waals surface area contributed by atoms with Crippen LogP contribution in [0.5, 0.6) is 5.88 Å². The molecule has 1 atom stereocenters. The zero-order chi connectivity index (χ0) is 23.4. The number of ether oxygens (including phenoxy) is 1. The van der Waals surface area contributed by atoms with Crippen LogP contribution in [0.15, 0.2) is 79.9 Å². The Balaban J connectivity index is 1.57. The molecule has 0 amide bonds. The van der Waals surface area contributed by atoms with Crippen molar-refractivity contribution in [3.63, 3.8) is 0 Å². The monoisotopic (exact) mass is 472 g/mol. The second-order valence-electron chi connectivity index (χ2n) is 8.32. The van der Waals surface area contributed by atoms with E-state index in [0.29, 0.717) is 46.6 Å². The summed E-state index contributed by atoms with van der Waals surface area (Å²) in [6.45, 7) is 0. The normalized spacial score (nSPS) is 17.3. The Kier molecular flexibility index (Phi) is 4.74. The molecule has 2 aliphatic rings. The molecule has 3 heterocycles. The van der Waals surface area contributed by atoms with E-state index in [-0.39, 0.29) is 28.6 Å². The minimum atomic E-state index is -0.637. The maximum atomic E-state index is 13.4. The minimum absolute atomic E-state index is 0.0456. The van der Waals surface area contributed by atoms with Crippen molar-refractivity contribution in [2.75, 3.05) is 0 Å². The van der Waals surface area contributed by atoms with Gasteiger partial charge in [0.2, 0.25) is 5.88 Å². The van der Waals surface area contributed by atoms with E-state index in [1.807, 2.05) is 6.07 Å². The Hall–Kier alpha value is -3.97. The van der Waals surface area contributed by atoms with Crippen LogP contribution in [0.4, 0.5) is 0 Å². The van der Waals surface area contributed by atoms with E-state index < -0.39 is 17.1 Å². The lowest BCUT2D eigenvalue weighted by Crippen LogP contribution is -2.31. The van der Waals surface area contributed by atoms with Gasteiger partial charge in [-0.2, -0.15) is 4.98 Å². The molecular formula is C26H17ClN2O5. The van der Waals surface area contributed by atoms with Gasteiger partial charge < -0.3 is 14.1 Å². The molecule has 0 saturated heterocycles. The molecule has 0 saturated carbocycles. The molecule has 2 aromatic carbocycles. The summed E-state index contributed by atoms with van der Waals surface area (Å²) in [7, 11) is 0. The highest BCUT2D eigenvalue weighted by Crippen LogP contribution is 2.44. The Morgan fingerprint density at radius 3 is 2.62 bits per heavy atom. The number of hydrogen-bond acceptors (Lipinski definition) is 6. The molecule has 168 valence electrons. The first-order valence-electron chi connectivity index (χ1n) is 10.9. The molecular weight excluding hydrogens is 456 g/mol. The molecule has 0 fully saturated rings. The van der Waals surface area contributed by atoms with Crippen molar-refractivity contribution in [3.05, 3.63) is 103 Å². The fourth-order valence-corrected chi connectivity index (χ4v) is 4.79. The molecule has 1 aliphatic heterocycles. The summed E-state index contributed by atoms with van der Waals surface area (Å²) in [5.41, 5.74) is 0.881. The van der Waals surface area contributed by atoms with E-state index in [2.05, 4.69) is 9.97 Å². The summed E-state index contributed by atoms with van der Waals surface area (Å²) in [5.74, 6) is -0.0464. The molecule has 0 radical (unpaired) electrons. The number of benzene rings is 2. The van der Waals surface area contributed by atoms with Gasteiger partial charge in [0.05, 0.1) is 11.5 Å². The SMILES string of the molecule is O=C1CCCC2=C1C(c1ccc(Cl)cc1)c1c(nc(-c3cc4ccccc4oc3=O)[nH]c1=O)O2. The Bertz CT molecular complexity index is 1630. The highest BCUT2D eigenvalue weighted by atomic mass is 35.5. The van der Waals surface area contributed by atoms with Crippen LogP contribution in [0.25, 0.3) is 22.4 Å². The predicted octanol–water partition coefficient (Wildman–Crippen LogP) is 4.73. The number of aromatic nitrogens is 2. The van der Waals surface area contributed by atoms with E-state index in [0.717, 1.165) is 5.56 Å². The second-order valence-corrected chi connectivity index (χ2v) is 8.76. The molecule has 7 nitrogen and oxygen atoms in total. The average molecular weight is 473 g/mol. The lowest BCUT2D eigenvalue weighted by atomic mass is 9.78. The van der Waals surface area contributed by atoms with Crippen molar-refractivity contribution in [1.29, 1.82) is 0 Å². The number of aromatic amines is 1. The number of ketones is 1. The molecule has 1 aliphatic carbocycles. The fraction of sp³-hybridized carbons (Fsp3) is 0.154. The van der Waals surface area contributed by atoms with Gasteiger partial charge in [-0.05, 0) is 36.2 Å². The van der Waals surface area contributed by atoms with E-state index in [1.54, 1.807) is 48.5 Å². The van der Waals surface area contributed by atoms with Gasteiger partial charge in [0.25, 0.3) is 5.56 Å². The number of rotatable bonds is 2. The van der Waals surface area contributed by atoms with Gasteiger partial charge in [-0.1, -0.05) is 41.9 Å². The van der Waals surface area contributed by atoms with Crippen LogP contribution in [0.2, 0.25) is 5.02 Å². The van der Waals surface area contributed by atoms with Gasteiger partial charge in [0.15, 0.2) is 11.6 Å². The number of para-hydroxylation sites is 1. The minimum Gasteiger partial charge on any atom is -0.442 e. The highest BCUT2D eigenvalue weighted by molar-refractivity contribution is 6.30. The Morgan fingerprint density at radius 2 is 1.79 bits per heavy atom. The second kappa shape index (κ2) is 7.81. The van der Waals surface area contributed by atoms with Crippen LogP contribution in [0.3, 0.4) is 0 Å². The Morgan fingerprint density at radius 1 is 1.00 bits per heavy atom. The van der Waals surface area contributed by atoms with Crippen LogP contribution in [0.1, 0.15) is 36.3 Å². The number of allylic oxidation sites excluding steroid dienone is 2. The van der Waals surface area contributed by atoms with Crippen LogP contribution < -0.4 is 15.9 Å². The summed E-state index contributed by atoms with van der Waals surface area (Å²) in [6, 6.07) is 15.7. The van der Waals surface area contributed by atoms with Gasteiger partial charge in [-0.3, -0.25) is 9.59 Å². The summed E-state index contributed by atoms with van der Waals surface area (Å²) in [6.07, 6.45) is 1.61. The first kappa shape index (κ1) is 20.6.